The summed E-state index contributed by atoms with van der Waals surface area (Å²) < 4.78 is 34.2. The normalized spacial score (nSPS) is 10.9. The van der Waals surface area contributed by atoms with Gasteiger partial charge in [-0.3, -0.25) is 14.2 Å². The molecule has 0 fully saturated rings. The lowest BCUT2D eigenvalue weighted by atomic mass is 10.2. The molecule has 0 aliphatic rings. The number of hydrogen-bond acceptors (Lipinski definition) is 5. The largest absolute Gasteiger partial charge is 0.497 e. The molecule has 3 aromatic carbocycles. The fraction of sp³-hybridized carbons (Fsp3) is 0.0870. The number of anilines is 1. The molecule has 0 atom stereocenters. The van der Waals surface area contributed by atoms with E-state index < -0.39 is 17.2 Å². The lowest BCUT2D eigenvalue weighted by Gasteiger charge is -2.14. The second kappa shape index (κ2) is 9.60. The van der Waals surface area contributed by atoms with E-state index in [1.807, 2.05) is 0 Å². The highest BCUT2D eigenvalue weighted by atomic mass is 35.5. The molecule has 0 spiro atoms. The van der Waals surface area contributed by atoms with Gasteiger partial charge < -0.3 is 10.1 Å². The smallest absolute Gasteiger partial charge is 0.266 e. The van der Waals surface area contributed by atoms with Crippen LogP contribution in [0, 0.1) is 11.6 Å². The van der Waals surface area contributed by atoms with Gasteiger partial charge in [0.1, 0.15) is 17.4 Å². The van der Waals surface area contributed by atoms with Crippen LogP contribution in [-0.4, -0.2) is 28.3 Å². The molecule has 33 heavy (non-hydrogen) atoms. The van der Waals surface area contributed by atoms with E-state index in [9.17, 15) is 18.4 Å². The Kier molecular flexibility index (Phi) is 6.62. The molecule has 1 amide bonds. The molecule has 6 nitrogen and oxygen atoms in total. The number of carbonyl (C=O) groups excluding carboxylic acids is 1. The Morgan fingerprint density at radius 2 is 1.97 bits per heavy atom. The van der Waals surface area contributed by atoms with Crippen LogP contribution >= 0.6 is 23.4 Å². The number of amides is 1. The van der Waals surface area contributed by atoms with Crippen molar-refractivity contribution in [3.8, 4) is 11.4 Å². The second-order valence-corrected chi connectivity index (χ2v) is 8.24. The molecule has 0 aliphatic carbocycles. The summed E-state index contributed by atoms with van der Waals surface area (Å²) in [5, 5.41) is 3.27. The summed E-state index contributed by atoms with van der Waals surface area (Å²) >= 11 is 6.96. The van der Waals surface area contributed by atoms with Crippen LogP contribution in [0.1, 0.15) is 0 Å². The Hall–Kier alpha value is -3.43. The molecule has 0 saturated heterocycles. The number of hydrogen-bond donors (Lipinski definition) is 1. The van der Waals surface area contributed by atoms with E-state index in [1.54, 1.807) is 36.4 Å². The molecule has 4 rings (SSSR count). The molecule has 0 radical (unpaired) electrons. The van der Waals surface area contributed by atoms with E-state index in [2.05, 4.69) is 10.3 Å². The standard InChI is InChI=1S/C23H16ClF2N3O3S/c1-32-16-4-2-3-15(11-16)27-21(30)12-33-23-28-19-7-5-13(24)9-17(19)22(31)29(23)20-8-6-14(25)10-18(20)26/h2-11H,12H2,1H3,(H,27,30). The summed E-state index contributed by atoms with van der Waals surface area (Å²) in [6, 6.07) is 14.2. The maximum absolute atomic E-state index is 14.6. The Labute approximate surface area is 196 Å². The first kappa shape index (κ1) is 22.8. The number of aromatic nitrogens is 2. The van der Waals surface area contributed by atoms with Gasteiger partial charge in [-0.05, 0) is 42.5 Å². The SMILES string of the molecule is COc1cccc(NC(=O)CSc2nc3ccc(Cl)cc3c(=O)n2-c2ccc(F)cc2F)c1. The maximum atomic E-state index is 14.6. The number of nitrogens with one attached hydrogen (secondary N) is 1. The van der Waals surface area contributed by atoms with Gasteiger partial charge in [0.25, 0.3) is 5.56 Å². The van der Waals surface area contributed by atoms with Crippen LogP contribution < -0.4 is 15.6 Å². The summed E-state index contributed by atoms with van der Waals surface area (Å²) in [6.45, 7) is 0. The Morgan fingerprint density at radius 1 is 1.15 bits per heavy atom. The van der Waals surface area contributed by atoms with E-state index in [4.69, 9.17) is 16.3 Å². The van der Waals surface area contributed by atoms with Crippen molar-refractivity contribution in [3.63, 3.8) is 0 Å². The third-order valence-corrected chi connectivity index (χ3v) is 5.81. The minimum atomic E-state index is -0.942. The first-order chi connectivity index (χ1) is 15.9. The number of halogens is 3. The molecule has 1 N–H and O–H groups in total. The number of thioether (sulfide) groups is 1. The highest BCUT2D eigenvalue weighted by Crippen LogP contribution is 2.25. The maximum Gasteiger partial charge on any atom is 0.266 e. The van der Waals surface area contributed by atoms with Gasteiger partial charge in [-0.2, -0.15) is 0 Å². The molecular weight excluding hydrogens is 472 g/mol. The predicted molar refractivity (Wildman–Crippen MR) is 125 cm³/mol. The zero-order chi connectivity index (χ0) is 23.5. The molecule has 0 aliphatic heterocycles. The fourth-order valence-corrected chi connectivity index (χ4v) is 4.12. The molecular formula is C23H16ClF2N3O3S. The summed E-state index contributed by atoms with van der Waals surface area (Å²) in [7, 11) is 1.52. The number of ether oxygens (including phenoxy) is 1. The lowest BCUT2D eigenvalue weighted by Crippen LogP contribution is -2.24. The van der Waals surface area contributed by atoms with Crippen LogP contribution in [0.3, 0.4) is 0 Å². The Balaban J connectivity index is 1.70. The van der Waals surface area contributed by atoms with Gasteiger partial charge in [0.2, 0.25) is 5.91 Å². The molecule has 1 aromatic heterocycles. The second-order valence-electron chi connectivity index (χ2n) is 6.86. The minimum absolute atomic E-state index is 0.0705. The zero-order valence-corrected chi connectivity index (χ0v) is 18.7. The molecule has 0 saturated carbocycles. The quantitative estimate of drug-likeness (QED) is 0.304. The van der Waals surface area contributed by atoms with Crippen molar-refractivity contribution in [1.29, 1.82) is 0 Å². The average molecular weight is 488 g/mol. The van der Waals surface area contributed by atoms with Crippen LogP contribution in [0.2, 0.25) is 5.02 Å². The third kappa shape index (κ3) is 4.99. The van der Waals surface area contributed by atoms with Crippen LogP contribution in [0.5, 0.6) is 5.75 Å². The van der Waals surface area contributed by atoms with E-state index in [-0.39, 0.29) is 27.9 Å². The van der Waals surface area contributed by atoms with Gasteiger partial charge in [0.15, 0.2) is 5.16 Å². The van der Waals surface area contributed by atoms with Crippen LogP contribution in [-0.2, 0) is 4.79 Å². The highest BCUT2D eigenvalue weighted by Gasteiger charge is 2.18. The van der Waals surface area contributed by atoms with Gasteiger partial charge in [-0.15, -0.1) is 0 Å². The monoisotopic (exact) mass is 487 g/mol. The average Bonchev–Trinajstić information content (AvgIpc) is 2.79. The summed E-state index contributed by atoms with van der Waals surface area (Å²) in [5.41, 5.74) is 0.0806. The van der Waals surface area contributed by atoms with Crippen molar-refractivity contribution < 1.29 is 18.3 Å². The van der Waals surface area contributed by atoms with Crippen LogP contribution in [0.25, 0.3) is 16.6 Å². The zero-order valence-electron chi connectivity index (χ0n) is 17.1. The first-order valence-corrected chi connectivity index (χ1v) is 11.0. The molecule has 1 heterocycles. The molecule has 168 valence electrons. The third-order valence-electron chi connectivity index (χ3n) is 4.64. The van der Waals surface area contributed by atoms with Gasteiger partial charge in [0, 0.05) is 22.8 Å². The van der Waals surface area contributed by atoms with Gasteiger partial charge in [-0.25, -0.2) is 13.8 Å². The molecule has 10 heteroatoms. The van der Waals surface area contributed by atoms with Crippen LogP contribution in [0.15, 0.2) is 70.6 Å². The fourth-order valence-electron chi connectivity index (χ4n) is 3.14. The number of nitrogens with zero attached hydrogens (tertiary/aromatic N) is 2. The number of fused-ring (bicyclic) bond motifs is 1. The van der Waals surface area contributed by atoms with E-state index in [0.717, 1.165) is 28.5 Å². The summed E-state index contributed by atoms with van der Waals surface area (Å²) in [4.78, 5) is 30.2. The Bertz CT molecular complexity index is 1430. The van der Waals surface area contributed by atoms with Gasteiger partial charge >= 0.3 is 0 Å². The predicted octanol–water partition coefficient (Wildman–Crippen LogP) is 5.06. The van der Waals surface area contributed by atoms with Crippen molar-refractivity contribution in [2.75, 3.05) is 18.2 Å². The Morgan fingerprint density at radius 3 is 2.73 bits per heavy atom. The highest BCUT2D eigenvalue weighted by molar-refractivity contribution is 7.99. The van der Waals surface area contributed by atoms with E-state index in [1.165, 1.54) is 13.2 Å². The van der Waals surface area contributed by atoms with Crippen molar-refractivity contribution >= 4 is 45.9 Å². The number of rotatable bonds is 6. The van der Waals surface area contributed by atoms with Gasteiger partial charge in [0.05, 0.1) is 29.5 Å². The molecule has 0 bridgehead atoms. The number of benzene rings is 3. The van der Waals surface area contributed by atoms with Gasteiger partial charge in [-0.1, -0.05) is 29.4 Å². The minimum Gasteiger partial charge on any atom is -0.497 e. The molecule has 0 unspecified atom stereocenters. The van der Waals surface area contributed by atoms with Crippen molar-refractivity contribution in [2.24, 2.45) is 0 Å². The molecule has 4 aromatic rings. The summed E-state index contributed by atoms with van der Waals surface area (Å²) in [5.74, 6) is -1.64. The van der Waals surface area contributed by atoms with Crippen molar-refractivity contribution in [2.45, 2.75) is 5.16 Å². The van der Waals surface area contributed by atoms with E-state index in [0.29, 0.717) is 28.0 Å². The van der Waals surface area contributed by atoms with Crippen molar-refractivity contribution in [3.05, 3.63) is 87.7 Å². The number of carbonyl (C=O) groups is 1. The van der Waals surface area contributed by atoms with Crippen LogP contribution in [0.4, 0.5) is 14.5 Å². The summed E-state index contributed by atoms with van der Waals surface area (Å²) in [6.07, 6.45) is 0. The number of methoxy groups -OCH3 is 1. The van der Waals surface area contributed by atoms with Crippen molar-refractivity contribution in [1.82, 2.24) is 9.55 Å². The lowest BCUT2D eigenvalue weighted by molar-refractivity contribution is -0.113. The van der Waals surface area contributed by atoms with E-state index >= 15 is 0 Å². The topological polar surface area (TPSA) is 73.2 Å². The first-order valence-electron chi connectivity index (χ1n) is 9.60.